The van der Waals surface area contributed by atoms with E-state index in [-0.39, 0.29) is 84.0 Å². The van der Waals surface area contributed by atoms with E-state index in [1.165, 1.54) is 61.2 Å². The van der Waals surface area contributed by atoms with Gasteiger partial charge >= 0.3 is 24.7 Å². The summed E-state index contributed by atoms with van der Waals surface area (Å²) in [5.74, 6) is 2.15. The quantitative estimate of drug-likeness (QED) is 0.0249. The molecule has 0 atom stereocenters. The summed E-state index contributed by atoms with van der Waals surface area (Å²) < 4.78 is 179. The number of benzene rings is 4. The highest BCUT2D eigenvalue weighted by molar-refractivity contribution is 7.15. The zero-order chi connectivity index (χ0) is 58.6. The Bertz CT molecular complexity index is 3040. The van der Waals surface area contributed by atoms with Crippen molar-refractivity contribution in [1.82, 2.24) is 19.8 Å². The second-order valence-corrected chi connectivity index (χ2v) is 20.2. The van der Waals surface area contributed by atoms with Crippen LogP contribution < -0.4 is 30.6 Å². The van der Waals surface area contributed by atoms with Crippen molar-refractivity contribution >= 4 is 28.5 Å². The lowest BCUT2D eigenvalue weighted by molar-refractivity contribution is -0.186. The lowest BCUT2D eigenvalue weighted by atomic mass is 9.96. The maximum Gasteiger partial charge on any atom is 0.416 e. The first-order valence-corrected chi connectivity index (χ1v) is 25.7. The maximum atomic E-state index is 13.1. The third-order valence-corrected chi connectivity index (χ3v) is 15.2. The molecule has 0 bridgehead atoms. The lowest BCUT2D eigenvalue weighted by Crippen LogP contribution is -2.38. The van der Waals surface area contributed by atoms with Crippen LogP contribution in [0.25, 0.3) is 21.1 Å². The van der Waals surface area contributed by atoms with Crippen LogP contribution in [0.1, 0.15) is 69.1 Å². The summed E-state index contributed by atoms with van der Waals surface area (Å²) in [6.07, 6.45) is -17.4. The number of hydrogen-bond acceptors (Lipinski definition) is 15. The van der Waals surface area contributed by atoms with Gasteiger partial charge in [-0.05, 0) is 100 Å². The third kappa shape index (κ3) is 16.6. The van der Waals surface area contributed by atoms with E-state index in [1.807, 2.05) is 15.9 Å². The summed E-state index contributed by atoms with van der Waals surface area (Å²) in [5.41, 5.74) is 6.93. The van der Waals surface area contributed by atoms with Crippen LogP contribution in [0.2, 0.25) is 0 Å². The zero-order valence-electron chi connectivity index (χ0n) is 42.4. The monoisotopic (exact) mass is 1180 g/mol. The van der Waals surface area contributed by atoms with Gasteiger partial charge < -0.3 is 35.1 Å². The van der Waals surface area contributed by atoms with Gasteiger partial charge in [0.1, 0.15) is 52.3 Å². The van der Waals surface area contributed by atoms with Gasteiger partial charge in [-0.2, -0.15) is 57.9 Å². The van der Waals surface area contributed by atoms with Crippen molar-refractivity contribution in [1.29, 1.82) is 5.26 Å². The molecule has 4 aromatic carbocycles. The molecule has 2 saturated heterocycles. The number of thiazole rings is 2. The first kappa shape index (κ1) is 62.3. The second kappa shape index (κ2) is 27.0. The number of alkyl halides is 12. The van der Waals surface area contributed by atoms with Crippen LogP contribution in [0.4, 0.5) is 52.7 Å². The highest BCUT2D eigenvalue weighted by atomic mass is 32.1. The van der Waals surface area contributed by atoms with Crippen molar-refractivity contribution in [3.63, 3.8) is 0 Å². The van der Waals surface area contributed by atoms with Crippen LogP contribution in [0.15, 0.2) is 90.1 Å². The van der Waals surface area contributed by atoms with E-state index in [0.29, 0.717) is 76.4 Å². The summed E-state index contributed by atoms with van der Waals surface area (Å²) in [6.45, 7) is 1.66. The number of amidine groups is 1. The molecule has 6 aromatic rings. The summed E-state index contributed by atoms with van der Waals surface area (Å²) in [6, 6.07) is 20.7. The average Bonchev–Trinajstić information content (AvgIpc) is 4.04. The Morgan fingerprint density at radius 1 is 0.625 bits per heavy atom. The molecular formula is C52H52F12N8O6S2. The number of likely N-dealkylation sites (tertiary alicyclic amines) is 2. The van der Waals surface area contributed by atoms with Crippen molar-refractivity contribution < 1.29 is 82.0 Å². The van der Waals surface area contributed by atoms with Crippen LogP contribution >= 0.6 is 22.7 Å². The number of methoxy groups -OCH3 is 2. The van der Waals surface area contributed by atoms with Crippen molar-refractivity contribution in [2.24, 2.45) is 28.6 Å². The average molecular weight is 1180 g/mol. The van der Waals surface area contributed by atoms with Crippen LogP contribution in [0, 0.1) is 23.2 Å². The van der Waals surface area contributed by atoms with Gasteiger partial charge in [-0.1, -0.05) is 29.4 Å². The summed E-state index contributed by atoms with van der Waals surface area (Å²) in [5, 5.41) is 28.5. The van der Waals surface area contributed by atoms with Gasteiger partial charge in [0.15, 0.2) is 5.84 Å². The predicted molar refractivity (Wildman–Crippen MR) is 271 cm³/mol. The van der Waals surface area contributed by atoms with Gasteiger partial charge in [0.25, 0.3) is 0 Å². The van der Waals surface area contributed by atoms with Gasteiger partial charge in [-0.3, -0.25) is 9.80 Å². The first-order chi connectivity index (χ1) is 37.9. The molecule has 8 rings (SSSR count). The Morgan fingerprint density at radius 3 is 1.36 bits per heavy atom. The molecule has 432 valence electrons. The summed E-state index contributed by atoms with van der Waals surface area (Å²) in [4.78, 5) is 14.4. The number of nitrogens with two attached hydrogens (primary N) is 2. The summed E-state index contributed by atoms with van der Waals surface area (Å²) in [7, 11) is 2.84. The van der Waals surface area contributed by atoms with Gasteiger partial charge in [0.2, 0.25) is 0 Å². The van der Waals surface area contributed by atoms with Crippen molar-refractivity contribution in [2.75, 3.05) is 40.4 Å². The Morgan fingerprint density at radius 2 is 1.01 bits per heavy atom. The molecule has 4 heterocycles. The number of ether oxygens (including phenoxy) is 4. The summed E-state index contributed by atoms with van der Waals surface area (Å²) >= 11 is 2.48. The van der Waals surface area contributed by atoms with Crippen LogP contribution in [-0.2, 0) is 38.7 Å². The van der Waals surface area contributed by atoms with E-state index in [4.69, 9.17) is 40.4 Å². The largest absolute Gasteiger partial charge is 0.496 e. The molecule has 0 unspecified atom stereocenters. The predicted octanol–water partition coefficient (Wildman–Crippen LogP) is 12.7. The fourth-order valence-electron chi connectivity index (χ4n) is 8.53. The van der Waals surface area contributed by atoms with E-state index < -0.39 is 47.7 Å². The molecule has 80 heavy (non-hydrogen) atoms. The molecule has 2 fully saturated rings. The van der Waals surface area contributed by atoms with Crippen molar-refractivity contribution in [3.8, 4) is 50.2 Å². The molecule has 0 radical (unpaired) electrons. The number of halogens is 12. The van der Waals surface area contributed by atoms with Crippen LogP contribution in [-0.4, -0.2) is 88.8 Å². The fraction of sp³-hybridized carbons (Fsp3) is 0.385. The van der Waals surface area contributed by atoms with E-state index in [1.54, 1.807) is 36.4 Å². The molecule has 2 aliphatic rings. The van der Waals surface area contributed by atoms with Crippen molar-refractivity contribution in [2.45, 2.75) is 76.7 Å². The smallest absolute Gasteiger partial charge is 0.416 e. The minimum Gasteiger partial charge on any atom is -0.496 e. The molecular weight excluding hydrogens is 1120 g/mol. The van der Waals surface area contributed by atoms with Gasteiger partial charge in [-0.15, -0.1) is 22.7 Å². The highest BCUT2D eigenvalue weighted by Crippen LogP contribution is 2.40. The molecule has 6 N–H and O–H groups in total. The first-order valence-electron chi connectivity index (χ1n) is 24.0. The number of piperidine rings is 2. The molecule has 28 heteroatoms. The molecule has 0 aliphatic carbocycles. The molecule has 2 aliphatic heterocycles. The minimum atomic E-state index is -4.47. The number of aromatic nitrogens is 2. The number of oxime groups is 1. The number of nitrogens with zero attached hydrogens (tertiary/aromatic N) is 6. The molecule has 2 aromatic heterocycles. The number of nitriles is 1. The molecule has 0 spiro atoms. The van der Waals surface area contributed by atoms with E-state index >= 15 is 0 Å². The fourth-order valence-corrected chi connectivity index (χ4v) is 10.5. The van der Waals surface area contributed by atoms with E-state index in [9.17, 15) is 52.7 Å². The van der Waals surface area contributed by atoms with Crippen LogP contribution in [0.3, 0.4) is 0 Å². The standard InChI is InChI=1S/C26H26F6N4O3S.C26H23F6N3O2S.H3NO/c1-38-21-12-18(6-7-19(21)23(33)35-37)39-14-22-20(13-36-10-8-17(9-11-36)26(30,31)32)34-24(40-22)15-2-4-16(5-3-15)25(27,28)29;1-36-22-12-20(7-4-17(22)13-33)37-15-23-21(14-35-10-8-19(9-11-35)26(30,31)32)34-24(38-23)16-2-5-18(6-3-16)25(27,28)29;1-2/h2-7,12,17,37H,8-11,13-14H2,1H3,(H2,33,35);2-7,12,19H,8-11,14-15H2,1H3;2H,1H2. The van der Waals surface area contributed by atoms with Crippen molar-refractivity contribution in [3.05, 3.63) is 128 Å². The number of rotatable bonds is 15. The SMILES string of the molecule is COc1cc(OCc2sc(-c3ccc(C(F)(F)F)cc3)nc2CN2CCC(C(F)(F)F)CC2)ccc1/C(N)=N/O.COc1cc(OCc2sc(-c3ccc(C(F)(F)F)cc3)nc2CN2CCC(C(F)(F)F)CC2)ccc1C#N.NO. The Balaban J connectivity index is 0.000000251. The molecule has 0 saturated carbocycles. The van der Waals surface area contributed by atoms with Gasteiger partial charge in [0, 0.05) is 36.3 Å². The molecule has 0 amide bonds. The van der Waals surface area contributed by atoms with Gasteiger partial charge in [-0.25, -0.2) is 15.9 Å². The molecule has 14 nitrogen and oxygen atoms in total. The Kier molecular flexibility index (Phi) is 21.1. The Hall–Kier alpha value is -6.90. The topological polar surface area (TPSA) is 198 Å². The second-order valence-electron chi connectivity index (χ2n) is 18.0. The highest BCUT2D eigenvalue weighted by Gasteiger charge is 2.42. The normalized spacial score (nSPS) is 15.3. The van der Waals surface area contributed by atoms with E-state index in [0.717, 1.165) is 24.3 Å². The van der Waals surface area contributed by atoms with Crippen LogP contribution in [0.5, 0.6) is 23.0 Å². The number of hydrogen-bond donors (Lipinski definition) is 4. The minimum absolute atomic E-state index is 0.00370. The maximum absolute atomic E-state index is 13.1. The zero-order valence-corrected chi connectivity index (χ0v) is 44.1. The Labute approximate surface area is 458 Å². The van der Waals surface area contributed by atoms with E-state index in [2.05, 4.69) is 21.0 Å². The lowest BCUT2D eigenvalue weighted by Gasteiger charge is -2.32. The third-order valence-electron chi connectivity index (χ3n) is 12.9. The van der Waals surface area contributed by atoms with Gasteiger partial charge in [0.05, 0.1) is 69.5 Å².